The van der Waals surface area contributed by atoms with Crippen LogP contribution in [-0.4, -0.2) is 9.55 Å². The van der Waals surface area contributed by atoms with Crippen molar-refractivity contribution < 1.29 is 4.74 Å². The van der Waals surface area contributed by atoms with Gasteiger partial charge < -0.3 is 4.74 Å². The monoisotopic (exact) mass is 576 g/mol. The van der Waals surface area contributed by atoms with Crippen LogP contribution in [0.2, 0.25) is 0 Å². The van der Waals surface area contributed by atoms with Crippen molar-refractivity contribution in [3.8, 4) is 50.8 Å². The van der Waals surface area contributed by atoms with Crippen molar-refractivity contribution >= 4 is 32.6 Å². The third kappa shape index (κ3) is 3.22. The summed E-state index contributed by atoms with van der Waals surface area (Å²) in [5, 5.41) is 4.82. The highest BCUT2D eigenvalue weighted by atomic mass is 16.5. The van der Waals surface area contributed by atoms with E-state index in [1.807, 2.05) is 24.3 Å². The molecule has 0 saturated carbocycles. The second-order valence-corrected chi connectivity index (χ2v) is 12.7. The van der Waals surface area contributed by atoms with E-state index in [-0.39, 0.29) is 5.41 Å². The molecular weight excluding hydrogens is 548 g/mol. The van der Waals surface area contributed by atoms with Crippen molar-refractivity contribution in [2.24, 2.45) is 0 Å². The highest BCUT2D eigenvalue weighted by Crippen LogP contribution is 2.52. The number of ether oxygens (including phenoxy) is 1. The van der Waals surface area contributed by atoms with Crippen molar-refractivity contribution in [3.63, 3.8) is 0 Å². The normalized spacial score (nSPS) is 13.9. The maximum atomic E-state index is 6.37. The summed E-state index contributed by atoms with van der Waals surface area (Å²) in [6.45, 7) is 4.70. The van der Waals surface area contributed by atoms with Gasteiger partial charge in [-0.3, -0.25) is 4.57 Å². The van der Waals surface area contributed by atoms with E-state index in [9.17, 15) is 0 Å². The van der Waals surface area contributed by atoms with E-state index in [1.165, 1.54) is 54.9 Å². The maximum Gasteiger partial charge on any atom is 0.153 e. The molecule has 2 aliphatic rings. The highest BCUT2D eigenvalue weighted by Gasteiger charge is 2.35. The van der Waals surface area contributed by atoms with Crippen LogP contribution in [0.1, 0.15) is 25.0 Å². The van der Waals surface area contributed by atoms with Gasteiger partial charge >= 0.3 is 0 Å². The second kappa shape index (κ2) is 8.71. The van der Waals surface area contributed by atoms with Crippen LogP contribution >= 0.6 is 0 Å². The fraction of sp³-hybridized carbons (Fsp3) is 0.0714. The lowest BCUT2D eigenvalue weighted by Gasteiger charge is -2.23. The Labute approximate surface area is 261 Å². The summed E-state index contributed by atoms with van der Waals surface area (Å²) < 4.78 is 8.66. The Hall–Kier alpha value is -5.67. The Balaban J connectivity index is 1.31. The first kappa shape index (κ1) is 24.7. The molecule has 1 aliphatic heterocycles. The summed E-state index contributed by atoms with van der Waals surface area (Å²) in [6.07, 6.45) is 0. The topological polar surface area (TPSA) is 27.1 Å². The molecule has 2 heterocycles. The smallest absolute Gasteiger partial charge is 0.153 e. The van der Waals surface area contributed by atoms with Gasteiger partial charge in [-0.2, -0.15) is 0 Å². The fourth-order valence-electron chi connectivity index (χ4n) is 7.97. The molecule has 1 aliphatic carbocycles. The van der Waals surface area contributed by atoms with E-state index in [2.05, 4.69) is 128 Å². The van der Waals surface area contributed by atoms with Crippen LogP contribution in [-0.2, 0) is 5.41 Å². The van der Waals surface area contributed by atoms with Gasteiger partial charge in [-0.05, 0) is 85.3 Å². The number of nitrogens with zero attached hydrogens (tertiary/aromatic N) is 2. The van der Waals surface area contributed by atoms with Crippen LogP contribution in [0.5, 0.6) is 11.5 Å². The summed E-state index contributed by atoms with van der Waals surface area (Å²) in [5.74, 6) is 2.60. The van der Waals surface area contributed by atoms with Crippen LogP contribution in [0.25, 0.3) is 71.9 Å². The first-order valence-corrected chi connectivity index (χ1v) is 15.6. The average Bonchev–Trinajstić information content (AvgIpc) is 3.57. The Morgan fingerprint density at radius 3 is 1.96 bits per heavy atom. The minimum atomic E-state index is -0.0702. The number of fused-ring (bicyclic) bond motifs is 7. The zero-order valence-corrected chi connectivity index (χ0v) is 25.0. The third-order valence-corrected chi connectivity index (χ3v) is 9.99. The number of aromatic nitrogens is 2. The molecule has 0 saturated heterocycles. The molecule has 7 aromatic carbocycles. The molecule has 3 nitrogen and oxygen atoms in total. The Bertz CT molecular complexity index is 2500. The first-order valence-electron chi connectivity index (χ1n) is 15.6. The van der Waals surface area contributed by atoms with Gasteiger partial charge in [0.05, 0.1) is 11.2 Å². The van der Waals surface area contributed by atoms with E-state index < -0.39 is 0 Å². The predicted octanol–water partition coefficient (Wildman–Crippen LogP) is 11.1. The standard InChI is InChI=1S/C42H28N2O/c1-42(2)32-17-8-7-12-26(32)27-23-22-25(24-33(27)42)38-28-13-3-5-15-30(28)39(31-16-6-4-14-29(31)38)41-43-34-18-11-21-37-40(34)44(41)35-19-9-10-20-36(35)45-37/h3-24H,1-2H3. The van der Waals surface area contributed by atoms with Gasteiger partial charge in [0.15, 0.2) is 11.5 Å². The molecule has 1 aromatic heterocycles. The van der Waals surface area contributed by atoms with Crippen molar-refractivity contribution in [1.29, 1.82) is 0 Å². The van der Waals surface area contributed by atoms with E-state index in [4.69, 9.17) is 9.72 Å². The van der Waals surface area contributed by atoms with Crippen molar-refractivity contribution in [1.82, 2.24) is 9.55 Å². The van der Waals surface area contributed by atoms with E-state index >= 15 is 0 Å². The fourth-order valence-corrected chi connectivity index (χ4v) is 7.97. The molecule has 0 N–H and O–H groups in total. The van der Waals surface area contributed by atoms with E-state index in [1.54, 1.807) is 0 Å². The summed E-state index contributed by atoms with van der Waals surface area (Å²) in [6, 6.07) is 48.0. The second-order valence-electron chi connectivity index (χ2n) is 12.7. The molecule has 0 bridgehead atoms. The largest absolute Gasteiger partial charge is 0.453 e. The van der Waals surface area contributed by atoms with Gasteiger partial charge in [-0.15, -0.1) is 0 Å². The number of benzene rings is 7. The van der Waals surface area contributed by atoms with Crippen LogP contribution in [0.15, 0.2) is 133 Å². The van der Waals surface area contributed by atoms with Crippen molar-refractivity contribution in [2.45, 2.75) is 19.3 Å². The molecule has 3 heteroatoms. The van der Waals surface area contributed by atoms with Gasteiger partial charge in [-0.1, -0.05) is 117 Å². The lowest BCUT2D eigenvalue weighted by Crippen LogP contribution is -2.14. The number of hydrogen-bond acceptors (Lipinski definition) is 2. The number of imidazole rings is 1. The Morgan fingerprint density at radius 2 is 1.18 bits per heavy atom. The van der Waals surface area contributed by atoms with Gasteiger partial charge in [-0.25, -0.2) is 4.98 Å². The van der Waals surface area contributed by atoms with Crippen LogP contribution in [0, 0.1) is 0 Å². The van der Waals surface area contributed by atoms with Crippen LogP contribution in [0.4, 0.5) is 0 Å². The molecule has 0 amide bonds. The lowest BCUT2D eigenvalue weighted by atomic mass is 9.80. The summed E-state index contributed by atoms with van der Waals surface area (Å²) in [7, 11) is 0. The van der Waals surface area contributed by atoms with Crippen LogP contribution < -0.4 is 4.74 Å². The highest BCUT2D eigenvalue weighted by molar-refractivity contribution is 6.21. The zero-order chi connectivity index (χ0) is 29.9. The molecule has 0 spiro atoms. The molecule has 212 valence electrons. The van der Waals surface area contributed by atoms with E-state index in [0.29, 0.717) is 0 Å². The summed E-state index contributed by atoms with van der Waals surface area (Å²) in [5.41, 5.74) is 12.0. The quantitative estimate of drug-likeness (QED) is 0.191. The van der Waals surface area contributed by atoms with Gasteiger partial charge in [0, 0.05) is 11.0 Å². The molecule has 45 heavy (non-hydrogen) atoms. The Kier molecular flexibility index (Phi) is 4.79. The lowest BCUT2D eigenvalue weighted by molar-refractivity contribution is 0.476. The average molecular weight is 577 g/mol. The summed E-state index contributed by atoms with van der Waals surface area (Å²) in [4.78, 5) is 5.33. The third-order valence-electron chi connectivity index (χ3n) is 9.99. The number of rotatable bonds is 2. The van der Waals surface area contributed by atoms with E-state index in [0.717, 1.165) is 39.6 Å². The SMILES string of the molecule is CC1(C)c2ccccc2-c2ccc(-c3c4ccccc4c(-c4nc5cccc6c5n4-c4ccccc4O6)c4ccccc34)cc21. The van der Waals surface area contributed by atoms with Gasteiger partial charge in [0.25, 0.3) is 0 Å². The minimum Gasteiger partial charge on any atom is -0.453 e. The van der Waals surface area contributed by atoms with Crippen LogP contribution in [0.3, 0.4) is 0 Å². The summed E-state index contributed by atoms with van der Waals surface area (Å²) >= 11 is 0. The maximum absolute atomic E-state index is 6.37. The predicted molar refractivity (Wildman–Crippen MR) is 185 cm³/mol. The van der Waals surface area contributed by atoms with Crippen molar-refractivity contribution in [2.75, 3.05) is 0 Å². The molecule has 0 unspecified atom stereocenters. The number of hydrogen-bond donors (Lipinski definition) is 0. The molecule has 0 radical (unpaired) electrons. The van der Waals surface area contributed by atoms with Crippen molar-refractivity contribution in [3.05, 3.63) is 145 Å². The first-order chi connectivity index (χ1) is 22.1. The zero-order valence-electron chi connectivity index (χ0n) is 25.0. The minimum absolute atomic E-state index is 0.0702. The molecule has 10 rings (SSSR count). The molecule has 0 fully saturated rings. The van der Waals surface area contributed by atoms with Gasteiger partial charge in [0.1, 0.15) is 11.3 Å². The Morgan fingerprint density at radius 1 is 0.556 bits per heavy atom. The molecule has 8 aromatic rings. The van der Waals surface area contributed by atoms with Gasteiger partial charge in [0.2, 0.25) is 0 Å². The number of para-hydroxylation sites is 3. The molecular formula is C42H28N2O. The molecule has 0 atom stereocenters.